The highest BCUT2D eigenvalue weighted by Gasteiger charge is 2.24. The lowest BCUT2D eigenvalue weighted by atomic mass is 10.1. The van der Waals surface area contributed by atoms with Crippen LogP contribution in [0.1, 0.15) is 17.7 Å². The zero-order valence-corrected chi connectivity index (χ0v) is 16.7. The van der Waals surface area contributed by atoms with Crippen molar-refractivity contribution in [3.63, 3.8) is 0 Å². The average Bonchev–Trinajstić information content (AvgIpc) is 3.23. The van der Waals surface area contributed by atoms with E-state index in [-0.39, 0.29) is 48.2 Å². The van der Waals surface area contributed by atoms with Crippen LogP contribution < -0.4 is 11.1 Å². The highest BCUT2D eigenvalue weighted by molar-refractivity contribution is 9.10. The summed E-state index contributed by atoms with van der Waals surface area (Å²) >= 11 is 9.26. The van der Waals surface area contributed by atoms with Crippen LogP contribution in [0.3, 0.4) is 0 Å². The third-order valence-electron chi connectivity index (χ3n) is 3.94. The van der Waals surface area contributed by atoms with Crippen LogP contribution in [0, 0.1) is 5.82 Å². The molecule has 0 aliphatic rings. The van der Waals surface area contributed by atoms with Crippen LogP contribution in [0.25, 0.3) is 5.52 Å². The van der Waals surface area contributed by atoms with E-state index in [4.69, 9.17) is 21.8 Å². The van der Waals surface area contributed by atoms with Crippen molar-refractivity contribution in [2.24, 2.45) is 5.73 Å². The van der Waals surface area contributed by atoms with Gasteiger partial charge in [0.1, 0.15) is 15.9 Å². The van der Waals surface area contributed by atoms with E-state index in [1.165, 1.54) is 10.8 Å². The number of fused-ring (bicyclic) bond motifs is 1. The molecule has 3 aromatic rings. The number of halogens is 5. The SMILES string of the molecule is N[C@@H](CCOC(F)F)Cc1c(F)c2c(NCc3ccco3)nc(Cl)nn2c1Br. The summed E-state index contributed by atoms with van der Waals surface area (Å²) in [6.07, 6.45) is 1.74. The number of nitrogens with zero attached hydrogens (tertiary/aromatic N) is 3. The molecule has 28 heavy (non-hydrogen) atoms. The number of nitrogens with two attached hydrogens (primary N) is 1. The zero-order chi connectivity index (χ0) is 20.3. The summed E-state index contributed by atoms with van der Waals surface area (Å²) in [5.41, 5.74) is 6.25. The van der Waals surface area contributed by atoms with Crippen molar-refractivity contribution in [1.82, 2.24) is 14.6 Å². The summed E-state index contributed by atoms with van der Waals surface area (Å²) in [7, 11) is 0. The molecular weight excluding hydrogens is 467 g/mol. The molecule has 3 rings (SSSR count). The van der Waals surface area contributed by atoms with Crippen molar-refractivity contribution in [2.75, 3.05) is 11.9 Å². The van der Waals surface area contributed by atoms with Crippen molar-refractivity contribution in [3.8, 4) is 0 Å². The van der Waals surface area contributed by atoms with Crippen molar-refractivity contribution >= 4 is 38.9 Å². The van der Waals surface area contributed by atoms with E-state index in [1.807, 2.05) is 0 Å². The molecule has 0 unspecified atom stereocenters. The highest BCUT2D eigenvalue weighted by atomic mass is 79.9. The molecule has 0 aromatic carbocycles. The van der Waals surface area contributed by atoms with Crippen LogP contribution in [0.15, 0.2) is 27.4 Å². The Labute approximate surface area is 171 Å². The lowest BCUT2D eigenvalue weighted by molar-refractivity contribution is -0.129. The number of nitrogens with one attached hydrogen (secondary N) is 1. The number of alkyl halides is 2. The van der Waals surface area contributed by atoms with Gasteiger partial charge in [-0.15, -0.1) is 5.10 Å². The number of ether oxygens (including phenoxy) is 1. The number of anilines is 1. The van der Waals surface area contributed by atoms with Gasteiger partial charge in [0.2, 0.25) is 5.28 Å². The standard InChI is InChI=1S/C16H16BrClF3N5O2/c17-13-10(6-8(22)3-5-28-16(20)21)11(19)12-14(24-15(18)25-26(12)13)23-7-9-2-1-4-27-9/h1-2,4,8,16H,3,5-7,22H2,(H,23,24,25)/t8-/m0/s1. The van der Waals surface area contributed by atoms with Crippen molar-refractivity contribution in [3.05, 3.63) is 45.4 Å². The molecule has 3 N–H and O–H groups in total. The first-order valence-electron chi connectivity index (χ1n) is 8.20. The molecule has 7 nitrogen and oxygen atoms in total. The first-order valence-corrected chi connectivity index (χ1v) is 9.37. The molecule has 0 amide bonds. The van der Waals surface area contributed by atoms with Gasteiger partial charge < -0.3 is 20.2 Å². The molecule has 0 saturated carbocycles. The van der Waals surface area contributed by atoms with Crippen molar-refractivity contribution in [2.45, 2.75) is 32.0 Å². The Kier molecular flexibility index (Phi) is 6.81. The van der Waals surface area contributed by atoms with E-state index < -0.39 is 18.5 Å². The van der Waals surface area contributed by atoms with E-state index in [0.717, 1.165) is 0 Å². The van der Waals surface area contributed by atoms with E-state index in [1.54, 1.807) is 12.1 Å². The molecule has 0 fully saturated rings. The maximum absolute atomic E-state index is 15.1. The zero-order valence-electron chi connectivity index (χ0n) is 14.3. The van der Waals surface area contributed by atoms with Crippen LogP contribution in [-0.4, -0.2) is 33.9 Å². The number of aromatic nitrogens is 3. The van der Waals surface area contributed by atoms with Gasteiger partial charge in [-0.3, -0.25) is 0 Å². The Morgan fingerprint density at radius 1 is 1.43 bits per heavy atom. The number of rotatable bonds is 9. The van der Waals surface area contributed by atoms with Crippen LogP contribution in [0.5, 0.6) is 0 Å². The Bertz CT molecular complexity index is 938. The van der Waals surface area contributed by atoms with Gasteiger partial charge in [0, 0.05) is 11.6 Å². The van der Waals surface area contributed by atoms with Gasteiger partial charge in [-0.25, -0.2) is 8.91 Å². The summed E-state index contributed by atoms with van der Waals surface area (Å²) in [6.45, 7) is -2.83. The van der Waals surface area contributed by atoms with Gasteiger partial charge >= 0.3 is 6.61 Å². The molecule has 0 spiro atoms. The first-order chi connectivity index (χ1) is 13.4. The summed E-state index contributed by atoms with van der Waals surface area (Å²) in [6, 6.07) is 2.89. The molecule has 12 heteroatoms. The lowest BCUT2D eigenvalue weighted by Crippen LogP contribution is -2.25. The Hall–Kier alpha value is -1.82. The second kappa shape index (κ2) is 9.12. The van der Waals surface area contributed by atoms with E-state index in [0.29, 0.717) is 10.4 Å². The number of hydrogen-bond donors (Lipinski definition) is 2. The summed E-state index contributed by atoms with van der Waals surface area (Å²) in [4.78, 5) is 4.05. The van der Waals surface area contributed by atoms with Crippen molar-refractivity contribution < 1.29 is 22.3 Å². The Morgan fingerprint density at radius 2 is 2.21 bits per heavy atom. The number of furan rings is 1. The smallest absolute Gasteiger partial charge is 0.345 e. The third kappa shape index (κ3) is 4.77. The average molecular weight is 483 g/mol. The minimum atomic E-state index is -2.87. The van der Waals surface area contributed by atoms with E-state index >= 15 is 4.39 Å². The topological polar surface area (TPSA) is 90.6 Å². The second-order valence-electron chi connectivity index (χ2n) is 5.89. The highest BCUT2D eigenvalue weighted by Crippen LogP contribution is 2.31. The summed E-state index contributed by atoms with van der Waals surface area (Å²) < 4.78 is 50.2. The third-order valence-corrected chi connectivity index (χ3v) is 4.91. The maximum atomic E-state index is 15.1. The van der Waals surface area contributed by atoms with Gasteiger partial charge in [-0.2, -0.15) is 13.8 Å². The quantitative estimate of drug-likeness (QED) is 0.479. The van der Waals surface area contributed by atoms with Gasteiger partial charge in [-0.1, -0.05) is 0 Å². The summed E-state index contributed by atoms with van der Waals surface area (Å²) in [5, 5.41) is 6.89. The van der Waals surface area contributed by atoms with Crippen LogP contribution in [0.4, 0.5) is 19.0 Å². The molecule has 3 heterocycles. The minimum absolute atomic E-state index is 0.0776. The van der Waals surface area contributed by atoms with E-state index in [9.17, 15) is 8.78 Å². The fourth-order valence-electron chi connectivity index (χ4n) is 2.65. The predicted molar refractivity (Wildman–Crippen MR) is 99.9 cm³/mol. The number of hydrogen-bond acceptors (Lipinski definition) is 6. The normalized spacial score (nSPS) is 12.8. The minimum Gasteiger partial charge on any atom is -0.467 e. The second-order valence-corrected chi connectivity index (χ2v) is 6.98. The molecular formula is C16H16BrClF3N5O2. The van der Waals surface area contributed by atoms with E-state index in [2.05, 4.69) is 36.1 Å². The maximum Gasteiger partial charge on any atom is 0.345 e. The Balaban J connectivity index is 1.85. The lowest BCUT2D eigenvalue weighted by Gasteiger charge is -2.11. The predicted octanol–water partition coefficient (Wildman–Crippen LogP) is 3.99. The summed E-state index contributed by atoms with van der Waals surface area (Å²) in [5.74, 6) is 0.214. The van der Waals surface area contributed by atoms with Gasteiger partial charge in [0.25, 0.3) is 0 Å². The first kappa shape index (κ1) is 20.9. The molecule has 1 atom stereocenters. The largest absolute Gasteiger partial charge is 0.467 e. The fourth-order valence-corrected chi connectivity index (χ4v) is 3.41. The molecule has 0 radical (unpaired) electrons. The van der Waals surface area contributed by atoms with Gasteiger partial charge in [0.05, 0.1) is 19.4 Å². The van der Waals surface area contributed by atoms with Gasteiger partial charge in [0.15, 0.2) is 11.6 Å². The molecule has 0 aliphatic carbocycles. The van der Waals surface area contributed by atoms with Gasteiger partial charge in [-0.05, 0) is 52.5 Å². The van der Waals surface area contributed by atoms with Crippen molar-refractivity contribution in [1.29, 1.82) is 0 Å². The molecule has 152 valence electrons. The molecule has 3 aromatic heterocycles. The molecule has 0 bridgehead atoms. The fraction of sp³-hybridized carbons (Fsp3) is 0.375. The monoisotopic (exact) mass is 481 g/mol. The van der Waals surface area contributed by atoms with Crippen LogP contribution in [0.2, 0.25) is 5.28 Å². The van der Waals surface area contributed by atoms with Crippen LogP contribution >= 0.6 is 27.5 Å². The molecule has 0 saturated heterocycles. The Morgan fingerprint density at radius 3 is 2.89 bits per heavy atom. The van der Waals surface area contributed by atoms with Crippen LogP contribution in [-0.2, 0) is 17.7 Å². The molecule has 0 aliphatic heterocycles.